The van der Waals surface area contributed by atoms with Gasteiger partial charge >= 0.3 is 5.97 Å². The molecular formula is C12H16N2O3S. The molecule has 2 N–H and O–H groups in total. The Labute approximate surface area is 109 Å². The van der Waals surface area contributed by atoms with Crippen molar-refractivity contribution < 1.29 is 14.7 Å². The molecule has 1 unspecified atom stereocenters. The number of aliphatic carboxylic acids is 1. The van der Waals surface area contributed by atoms with Gasteiger partial charge in [-0.25, -0.2) is 4.79 Å². The highest BCUT2D eigenvalue weighted by molar-refractivity contribution is 7.14. The smallest absolute Gasteiger partial charge is 0.327 e. The van der Waals surface area contributed by atoms with E-state index in [9.17, 15) is 9.59 Å². The Balaban J connectivity index is 2.23. The lowest BCUT2D eigenvalue weighted by Crippen LogP contribution is -2.56. The third kappa shape index (κ3) is 2.39. The highest BCUT2D eigenvalue weighted by Gasteiger charge is 2.33. The van der Waals surface area contributed by atoms with E-state index in [-0.39, 0.29) is 5.91 Å². The minimum Gasteiger partial charge on any atom is -0.480 e. The second-order valence-electron chi connectivity index (χ2n) is 4.41. The number of carboxylic acid groups (broad SMARTS) is 1. The van der Waals surface area contributed by atoms with E-state index < -0.39 is 12.0 Å². The molecule has 5 nitrogen and oxygen atoms in total. The van der Waals surface area contributed by atoms with E-state index in [1.54, 1.807) is 0 Å². The molecule has 6 heteroatoms. The molecular weight excluding hydrogens is 252 g/mol. The van der Waals surface area contributed by atoms with Crippen molar-refractivity contribution in [3.63, 3.8) is 0 Å². The number of hydrogen-bond acceptors (Lipinski definition) is 4. The second kappa shape index (κ2) is 5.07. The zero-order chi connectivity index (χ0) is 13.3. The SMILES string of the molecule is Cc1cc(C(=O)N2CCNCC2C(=O)O)sc1C. The van der Waals surface area contributed by atoms with Crippen molar-refractivity contribution in [3.8, 4) is 0 Å². The zero-order valence-electron chi connectivity index (χ0n) is 10.4. The van der Waals surface area contributed by atoms with E-state index >= 15 is 0 Å². The number of nitrogens with zero attached hydrogens (tertiary/aromatic N) is 1. The van der Waals surface area contributed by atoms with Crippen molar-refractivity contribution >= 4 is 23.2 Å². The summed E-state index contributed by atoms with van der Waals surface area (Å²) in [7, 11) is 0. The lowest BCUT2D eigenvalue weighted by Gasteiger charge is -2.33. The van der Waals surface area contributed by atoms with E-state index in [0.29, 0.717) is 24.5 Å². The summed E-state index contributed by atoms with van der Waals surface area (Å²) in [5, 5.41) is 12.1. The number of thiophene rings is 1. The highest BCUT2D eigenvalue weighted by atomic mass is 32.1. The second-order valence-corrected chi connectivity index (χ2v) is 5.66. The van der Waals surface area contributed by atoms with Crippen molar-refractivity contribution in [2.45, 2.75) is 19.9 Å². The lowest BCUT2D eigenvalue weighted by molar-refractivity contribution is -0.142. The van der Waals surface area contributed by atoms with Gasteiger partial charge in [-0.1, -0.05) is 0 Å². The number of aryl methyl sites for hydroxylation is 2. The number of carboxylic acids is 1. The van der Waals surface area contributed by atoms with Gasteiger partial charge in [0.25, 0.3) is 5.91 Å². The summed E-state index contributed by atoms with van der Waals surface area (Å²) in [5.41, 5.74) is 1.07. The van der Waals surface area contributed by atoms with Gasteiger partial charge in [-0.3, -0.25) is 4.79 Å². The lowest BCUT2D eigenvalue weighted by atomic mass is 10.1. The standard InChI is InChI=1S/C12H16N2O3S/c1-7-5-10(18-8(7)2)11(15)14-4-3-13-6-9(14)12(16)17/h5,9,13H,3-4,6H2,1-2H3,(H,16,17). The molecule has 0 spiro atoms. The molecule has 18 heavy (non-hydrogen) atoms. The van der Waals surface area contributed by atoms with Gasteiger partial charge in [0.1, 0.15) is 6.04 Å². The zero-order valence-corrected chi connectivity index (χ0v) is 11.2. The molecule has 1 amide bonds. The molecule has 2 heterocycles. The highest BCUT2D eigenvalue weighted by Crippen LogP contribution is 2.23. The molecule has 0 radical (unpaired) electrons. The molecule has 1 aliphatic rings. The van der Waals surface area contributed by atoms with Gasteiger partial charge in [-0.15, -0.1) is 11.3 Å². The number of nitrogens with one attached hydrogen (secondary N) is 1. The Morgan fingerprint density at radius 1 is 1.50 bits per heavy atom. The van der Waals surface area contributed by atoms with E-state index in [1.807, 2.05) is 19.9 Å². The van der Waals surface area contributed by atoms with Crippen LogP contribution in [0, 0.1) is 13.8 Å². The first kappa shape index (κ1) is 13.0. The van der Waals surface area contributed by atoms with Gasteiger partial charge in [0.05, 0.1) is 4.88 Å². The molecule has 2 rings (SSSR count). The monoisotopic (exact) mass is 268 g/mol. The number of carbonyl (C=O) groups excluding carboxylic acids is 1. The predicted molar refractivity (Wildman–Crippen MR) is 69.1 cm³/mol. The van der Waals surface area contributed by atoms with Crippen LogP contribution in [-0.4, -0.2) is 47.6 Å². The molecule has 1 aromatic heterocycles. The fourth-order valence-corrected chi connectivity index (χ4v) is 2.98. The van der Waals surface area contributed by atoms with Crippen LogP contribution in [0.15, 0.2) is 6.07 Å². The Bertz CT molecular complexity index is 464. The van der Waals surface area contributed by atoms with Gasteiger partial charge in [0.2, 0.25) is 0 Å². The predicted octanol–water partition coefficient (Wildman–Crippen LogP) is 0.864. The minimum atomic E-state index is -0.958. The number of piperazine rings is 1. The maximum atomic E-state index is 12.3. The summed E-state index contributed by atoms with van der Waals surface area (Å²) in [6.45, 7) is 5.30. The molecule has 0 aromatic carbocycles. The van der Waals surface area contributed by atoms with E-state index in [4.69, 9.17) is 5.11 Å². The Morgan fingerprint density at radius 2 is 2.22 bits per heavy atom. The first-order chi connectivity index (χ1) is 8.50. The molecule has 98 valence electrons. The molecule has 1 saturated heterocycles. The van der Waals surface area contributed by atoms with Crippen molar-refractivity contribution in [3.05, 3.63) is 21.4 Å². The Hall–Kier alpha value is -1.40. The third-order valence-electron chi connectivity index (χ3n) is 3.17. The van der Waals surface area contributed by atoms with Crippen LogP contribution in [-0.2, 0) is 4.79 Å². The number of rotatable bonds is 2. The Kier molecular flexibility index (Phi) is 3.68. The largest absolute Gasteiger partial charge is 0.480 e. The van der Waals surface area contributed by atoms with Gasteiger partial charge in [0.15, 0.2) is 0 Å². The number of hydrogen-bond donors (Lipinski definition) is 2. The van der Waals surface area contributed by atoms with Crippen LogP contribution < -0.4 is 5.32 Å². The number of carbonyl (C=O) groups is 2. The molecule has 1 aliphatic heterocycles. The van der Waals surface area contributed by atoms with E-state index in [0.717, 1.165) is 10.4 Å². The quantitative estimate of drug-likeness (QED) is 0.835. The molecule has 1 aromatic rings. The van der Waals surface area contributed by atoms with Crippen molar-refractivity contribution in [1.82, 2.24) is 10.2 Å². The minimum absolute atomic E-state index is 0.176. The summed E-state index contributed by atoms with van der Waals surface area (Å²) in [6, 6.07) is 1.07. The first-order valence-corrected chi connectivity index (χ1v) is 6.64. The van der Waals surface area contributed by atoms with Crippen molar-refractivity contribution in [2.75, 3.05) is 19.6 Å². The van der Waals surface area contributed by atoms with Crippen LogP contribution in [0.5, 0.6) is 0 Å². The van der Waals surface area contributed by atoms with Crippen molar-refractivity contribution in [2.24, 2.45) is 0 Å². The van der Waals surface area contributed by atoms with Crippen LogP contribution in [0.2, 0.25) is 0 Å². The van der Waals surface area contributed by atoms with Crippen LogP contribution in [0.1, 0.15) is 20.1 Å². The summed E-state index contributed by atoms with van der Waals surface area (Å²) in [6.07, 6.45) is 0. The average Bonchev–Trinajstić information content (AvgIpc) is 2.68. The summed E-state index contributed by atoms with van der Waals surface area (Å²) in [4.78, 5) is 26.6. The van der Waals surface area contributed by atoms with Gasteiger partial charge in [0, 0.05) is 24.5 Å². The van der Waals surface area contributed by atoms with Gasteiger partial charge in [-0.2, -0.15) is 0 Å². The maximum absolute atomic E-state index is 12.3. The fraction of sp³-hybridized carbons (Fsp3) is 0.500. The Morgan fingerprint density at radius 3 is 2.78 bits per heavy atom. The van der Waals surface area contributed by atoms with Crippen LogP contribution in [0.3, 0.4) is 0 Å². The summed E-state index contributed by atoms with van der Waals surface area (Å²) in [5.74, 6) is -1.13. The van der Waals surface area contributed by atoms with Crippen LogP contribution in [0.25, 0.3) is 0 Å². The summed E-state index contributed by atoms with van der Waals surface area (Å²) >= 11 is 1.43. The van der Waals surface area contributed by atoms with Gasteiger partial charge in [-0.05, 0) is 25.5 Å². The molecule has 0 bridgehead atoms. The number of amides is 1. The average molecular weight is 268 g/mol. The van der Waals surface area contributed by atoms with Crippen LogP contribution in [0.4, 0.5) is 0 Å². The normalized spacial score (nSPS) is 19.9. The molecule has 0 saturated carbocycles. The fourth-order valence-electron chi connectivity index (χ4n) is 1.99. The summed E-state index contributed by atoms with van der Waals surface area (Å²) < 4.78 is 0. The van der Waals surface area contributed by atoms with E-state index in [2.05, 4.69) is 5.32 Å². The molecule has 1 fully saturated rings. The molecule has 0 aliphatic carbocycles. The van der Waals surface area contributed by atoms with Gasteiger partial charge < -0.3 is 15.3 Å². The van der Waals surface area contributed by atoms with Crippen LogP contribution >= 0.6 is 11.3 Å². The topological polar surface area (TPSA) is 69.6 Å². The maximum Gasteiger partial charge on any atom is 0.327 e. The third-order valence-corrected chi connectivity index (χ3v) is 4.31. The first-order valence-electron chi connectivity index (χ1n) is 5.82. The molecule has 1 atom stereocenters. The van der Waals surface area contributed by atoms with Crippen molar-refractivity contribution in [1.29, 1.82) is 0 Å². The van der Waals surface area contributed by atoms with E-state index in [1.165, 1.54) is 16.2 Å².